The van der Waals surface area contributed by atoms with Gasteiger partial charge in [-0.15, -0.1) is 0 Å². The molecule has 8 heteroatoms. The lowest BCUT2D eigenvalue weighted by Gasteiger charge is -2.27. The first-order chi connectivity index (χ1) is 17.5. The lowest BCUT2D eigenvalue weighted by Crippen LogP contribution is -2.53. The minimum atomic E-state index is -0.940. The van der Waals surface area contributed by atoms with E-state index in [2.05, 4.69) is 5.32 Å². The zero-order valence-corrected chi connectivity index (χ0v) is 19.5. The Morgan fingerprint density at radius 3 is 2.61 bits per heavy atom. The number of aromatic hydroxyl groups is 1. The van der Waals surface area contributed by atoms with Gasteiger partial charge in [0, 0.05) is 18.5 Å². The Balaban J connectivity index is 1.37. The fourth-order valence-corrected chi connectivity index (χ4v) is 4.73. The number of benzene rings is 3. The number of rotatable bonds is 7. The van der Waals surface area contributed by atoms with Crippen LogP contribution in [0.15, 0.2) is 78.9 Å². The largest absolute Gasteiger partial charge is 0.508 e. The molecule has 2 fully saturated rings. The third kappa shape index (κ3) is 5.08. The summed E-state index contributed by atoms with van der Waals surface area (Å²) in [5.74, 6) is 0.266. The molecule has 3 aromatic rings. The Morgan fingerprint density at radius 1 is 1.03 bits per heavy atom. The molecule has 0 aromatic heterocycles. The predicted molar refractivity (Wildman–Crippen MR) is 131 cm³/mol. The van der Waals surface area contributed by atoms with Gasteiger partial charge in [-0.2, -0.15) is 0 Å². The van der Waals surface area contributed by atoms with Crippen molar-refractivity contribution in [3.8, 4) is 17.2 Å². The quantitative estimate of drug-likeness (QED) is 0.532. The Bertz CT molecular complexity index is 1280. The summed E-state index contributed by atoms with van der Waals surface area (Å²) in [5.41, 5.74) is 1.01. The number of phenols is 1. The van der Waals surface area contributed by atoms with Crippen LogP contribution in [0.2, 0.25) is 0 Å². The van der Waals surface area contributed by atoms with Crippen molar-refractivity contribution >= 4 is 17.6 Å². The number of carbonyl (C=O) groups excluding carboxylic acids is 3. The molecule has 2 aliphatic heterocycles. The van der Waals surface area contributed by atoms with E-state index in [1.165, 1.54) is 11.0 Å². The Labute approximate surface area is 208 Å². The van der Waals surface area contributed by atoms with Crippen LogP contribution in [-0.2, 0) is 20.7 Å². The van der Waals surface area contributed by atoms with Crippen LogP contribution in [0.3, 0.4) is 0 Å². The summed E-state index contributed by atoms with van der Waals surface area (Å²) in [7, 11) is 0. The van der Waals surface area contributed by atoms with Crippen molar-refractivity contribution in [1.29, 1.82) is 0 Å². The predicted octanol–water partition coefficient (Wildman–Crippen LogP) is 3.09. The molecule has 3 atom stereocenters. The first-order valence-electron chi connectivity index (χ1n) is 11.8. The standard InChI is InChI=1S/C28H26N2O6/c31-20-8-4-6-18(14-20)15-23(28(34)30-13-12-25-26(30)24(32)17-35-25)29-27(33)19-7-5-11-22(16-19)36-21-9-2-1-3-10-21/h1-11,14,16,23,25-26,31H,12-13,15,17H2,(H,29,33). The van der Waals surface area contributed by atoms with Crippen LogP contribution in [-0.4, -0.2) is 58.9 Å². The number of fused-ring (bicyclic) bond motifs is 1. The summed E-state index contributed by atoms with van der Waals surface area (Å²) in [5, 5.41) is 12.7. The molecule has 2 saturated heterocycles. The second-order valence-corrected chi connectivity index (χ2v) is 8.92. The molecule has 3 unspecified atom stereocenters. The van der Waals surface area contributed by atoms with E-state index in [1.54, 1.807) is 42.5 Å². The average Bonchev–Trinajstić information content (AvgIpc) is 3.47. The molecule has 0 radical (unpaired) electrons. The van der Waals surface area contributed by atoms with E-state index in [0.29, 0.717) is 35.6 Å². The summed E-state index contributed by atoms with van der Waals surface area (Å²) in [6, 6.07) is 20.9. The summed E-state index contributed by atoms with van der Waals surface area (Å²) in [4.78, 5) is 40.8. The van der Waals surface area contributed by atoms with Crippen molar-refractivity contribution in [3.63, 3.8) is 0 Å². The number of nitrogens with zero attached hydrogens (tertiary/aromatic N) is 1. The number of Topliss-reactive ketones (excluding diaryl/α,β-unsaturated/α-hetero) is 1. The summed E-state index contributed by atoms with van der Waals surface area (Å²) >= 11 is 0. The maximum Gasteiger partial charge on any atom is 0.252 e. The second-order valence-electron chi connectivity index (χ2n) is 8.92. The van der Waals surface area contributed by atoms with Crippen molar-refractivity contribution in [2.45, 2.75) is 31.0 Å². The minimum absolute atomic E-state index is 0.00307. The molecule has 2 N–H and O–H groups in total. The van der Waals surface area contributed by atoms with E-state index >= 15 is 0 Å². The van der Waals surface area contributed by atoms with Crippen LogP contribution < -0.4 is 10.1 Å². The van der Waals surface area contributed by atoms with Crippen LogP contribution >= 0.6 is 0 Å². The molecule has 0 spiro atoms. The van der Waals surface area contributed by atoms with Gasteiger partial charge < -0.3 is 24.8 Å². The number of para-hydroxylation sites is 1. The summed E-state index contributed by atoms with van der Waals surface area (Å²) in [6.45, 7) is 0.379. The molecule has 3 aromatic carbocycles. The maximum atomic E-state index is 13.6. The van der Waals surface area contributed by atoms with E-state index < -0.39 is 18.0 Å². The molecule has 2 aliphatic rings. The molecular weight excluding hydrogens is 460 g/mol. The van der Waals surface area contributed by atoms with Gasteiger partial charge in [0.05, 0.1) is 6.10 Å². The Hall–Kier alpha value is -4.17. The van der Waals surface area contributed by atoms with Gasteiger partial charge in [-0.3, -0.25) is 14.4 Å². The number of hydrogen-bond donors (Lipinski definition) is 2. The lowest BCUT2D eigenvalue weighted by atomic mass is 10.0. The molecule has 0 bridgehead atoms. The molecule has 2 amide bonds. The maximum absolute atomic E-state index is 13.6. The van der Waals surface area contributed by atoms with Gasteiger partial charge in [0.2, 0.25) is 5.91 Å². The van der Waals surface area contributed by atoms with Crippen LogP contribution in [0.25, 0.3) is 0 Å². The smallest absolute Gasteiger partial charge is 0.252 e. The van der Waals surface area contributed by atoms with Crippen molar-refractivity contribution in [1.82, 2.24) is 10.2 Å². The highest BCUT2D eigenvalue weighted by atomic mass is 16.5. The van der Waals surface area contributed by atoms with Crippen molar-refractivity contribution in [3.05, 3.63) is 90.0 Å². The molecule has 184 valence electrons. The normalized spacial score (nSPS) is 19.6. The van der Waals surface area contributed by atoms with Crippen LogP contribution in [0.5, 0.6) is 17.2 Å². The third-order valence-electron chi connectivity index (χ3n) is 6.42. The van der Waals surface area contributed by atoms with Gasteiger partial charge in [-0.25, -0.2) is 0 Å². The highest BCUT2D eigenvalue weighted by Crippen LogP contribution is 2.28. The number of hydrogen-bond acceptors (Lipinski definition) is 6. The zero-order valence-electron chi connectivity index (χ0n) is 19.5. The van der Waals surface area contributed by atoms with Gasteiger partial charge in [0.1, 0.15) is 35.9 Å². The number of likely N-dealkylation sites (tertiary alicyclic amines) is 1. The molecular formula is C28H26N2O6. The number of nitrogens with one attached hydrogen (secondary N) is 1. The number of phenolic OH excluding ortho intramolecular Hbond substituents is 1. The van der Waals surface area contributed by atoms with Gasteiger partial charge in [0.25, 0.3) is 5.91 Å². The molecule has 8 nitrogen and oxygen atoms in total. The van der Waals surface area contributed by atoms with Crippen LogP contribution in [0.4, 0.5) is 0 Å². The fourth-order valence-electron chi connectivity index (χ4n) is 4.73. The zero-order chi connectivity index (χ0) is 25.1. The summed E-state index contributed by atoms with van der Waals surface area (Å²) < 4.78 is 11.4. The number of carbonyl (C=O) groups is 3. The van der Waals surface area contributed by atoms with E-state index in [9.17, 15) is 19.5 Å². The minimum Gasteiger partial charge on any atom is -0.508 e. The van der Waals surface area contributed by atoms with Crippen LogP contribution in [0, 0.1) is 0 Å². The van der Waals surface area contributed by atoms with Crippen molar-refractivity contribution < 1.29 is 29.0 Å². The highest BCUT2D eigenvalue weighted by Gasteiger charge is 2.48. The lowest BCUT2D eigenvalue weighted by molar-refractivity contribution is -0.138. The summed E-state index contributed by atoms with van der Waals surface area (Å²) in [6.07, 6.45) is 0.431. The van der Waals surface area contributed by atoms with Gasteiger partial charge in [-0.05, 0) is 54.4 Å². The second kappa shape index (κ2) is 10.2. The first-order valence-corrected chi connectivity index (χ1v) is 11.8. The third-order valence-corrected chi connectivity index (χ3v) is 6.42. The molecule has 2 heterocycles. The van der Waals surface area contributed by atoms with Gasteiger partial charge in [0.15, 0.2) is 5.78 Å². The Kier molecular flexibility index (Phi) is 6.69. The SMILES string of the molecule is O=C(NC(Cc1cccc(O)c1)C(=O)N1CCC2OCC(=O)C21)c1cccc(Oc2ccccc2)c1. The first kappa shape index (κ1) is 23.6. The van der Waals surface area contributed by atoms with E-state index in [4.69, 9.17) is 9.47 Å². The molecule has 0 aliphatic carbocycles. The molecule has 0 saturated carbocycles. The Morgan fingerprint density at radius 2 is 1.81 bits per heavy atom. The van der Waals surface area contributed by atoms with E-state index in [-0.39, 0.29) is 36.6 Å². The average molecular weight is 487 g/mol. The van der Waals surface area contributed by atoms with Gasteiger partial charge in [-0.1, -0.05) is 36.4 Å². The van der Waals surface area contributed by atoms with E-state index in [1.807, 2.05) is 30.3 Å². The number of amides is 2. The van der Waals surface area contributed by atoms with Crippen molar-refractivity contribution in [2.75, 3.05) is 13.2 Å². The topological polar surface area (TPSA) is 105 Å². The number of ketones is 1. The monoisotopic (exact) mass is 486 g/mol. The number of ether oxygens (including phenoxy) is 2. The molecule has 36 heavy (non-hydrogen) atoms. The highest BCUT2D eigenvalue weighted by molar-refractivity contribution is 5.99. The van der Waals surface area contributed by atoms with Crippen molar-refractivity contribution in [2.24, 2.45) is 0 Å². The molecule has 5 rings (SSSR count). The fraction of sp³-hybridized carbons (Fsp3) is 0.250. The van der Waals surface area contributed by atoms with Gasteiger partial charge >= 0.3 is 0 Å². The van der Waals surface area contributed by atoms with E-state index in [0.717, 1.165) is 0 Å². The van der Waals surface area contributed by atoms with Crippen LogP contribution in [0.1, 0.15) is 22.3 Å².